The van der Waals surface area contributed by atoms with Crippen LogP contribution < -0.4 is 0 Å². The highest BCUT2D eigenvalue weighted by molar-refractivity contribution is 5.76. The quantitative estimate of drug-likeness (QED) is 0.817. The van der Waals surface area contributed by atoms with Crippen LogP contribution in [0.2, 0.25) is 0 Å². The van der Waals surface area contributed by atoms with Gasteiger partial charge in [0.1, 0.15) is 0 Å². The lowest BCUT2D eigenvalue weighted by Crippen LogP contribution is -2.47. The molecule has 0 aromatic heterocycles. The normalized spacial score (nSPS) is 20.3. The van der Waals surface area contributed by atoms with E-state index in [9.17, 15) is 9.59 Å². The van der Waals surface area contributed by atoms with E-state index in [4.69, 9.17) is 10.4 Å². The number of carboxylic acid groups (broad SMARTS) is 1. The van der Waals surface area contributed by atoms with Gasteiger partial charge in [0.2, 0.25) is 0 Å². The van der Waals surface area contributed by atoms with Crippen molar-refractivity contribution in [2.24, 2.45) is 0 Å². The molecule has 1 aliphatic rings. The topological polar surface area (TPSA) is 84.6 Å². The van der Waals surface area contributed by atoms with Gasteiger partial charge in [0.25, 0.3) is 0 Å². The highest BCUT2D eigenvalue weighted by Crippen LogP contribution is 2.22. The average molecular weight is 253 g/mol. The van der Waals surface area contributed by atoms with E-state index in [2.05, 4.69) is 0 Å². The fourth-order valence-corrected chi connectivity index (χ4v) is 2.16. The Kier molecular flexibility index (Phi) is 4.95. The summed E-state index contributed by atoms with van der Waals surface area (Å²) in [5, 5.41) is 17.4. The van der Waals surface area contributed by atoms with Gasteiger partial charge in [0.15, 0.2) is 0 Å². The first kappa shape index (κ1) is 14.3. The molecule has 1 heterocycles. The third-order valence-electron chi connectivity index (χ3n) is 3.38. The molecule has 1 fully saturated rings. The summed E-state index contributed by atoms with van der Waals surface area (Å²) >= 11 is 0. The Bertz CT molecular complexity index is 364. The number of rotatable bonds is 4. The predicted octanol–water partition coefficient (Wildman–Crippen LogP) is 1.28. The second-order valence-electron chi connectivity index (χ2n) is 4.69. The van der Waals surface area contributed by atoms with Crippen LogP contribution in [0, 0.1) is 11.3 Å². The minimum Gasteiger partial charge on any atom is -0.481 e. The van der Waals surface area contributed by atoms with Gasteiger partial charge in [-0.15, -0.1) is 0 Å². The van der Waals surface area contributed by atoms with Crippen LogP contribution in [0.4, 0.5) is 4.79 Å². The number of amides is 2. The van der Waals surface area contributed by atoms with E-state index in [0.29, 0.717) is 6.54 Å². The SMILES string of the molecule is CC(CC#N)N(C)C(=O)N1CCCC1CC(=O)O. The van der Waals surface area contributed by atoms with Gasteiger partial charge in [-0.1, -0.05) is 0 Å². The number of urea groups is 1. The van der Waals surface area contributed by atoms with Crippen LogP contribution in [0.25, 0.3) is 0 Å². The molecule has 6 heteroatoms. The Hall–Kier alpha value is -1.77. The molecule has 0 radical (unpaired) electrons. The van der Waals surface area contributed by atoms with Gasteiger partial charge in [-0.05, 0) is 19.8 Å². The molecule has 0 aromatic carbocycles. The summed E-state index contributed by atoms with van der Waals surface area (Å²) in [6, 6.07) is 1.48. The summed E-state index contributed by atoms with van der Waals surface area (Å²) in [5.74, 6) is -0.882. The van der Waals surface area contributed by atoms with E-state index in [1.165, 1.54) is 4.90 Å². The highest BCUT2D eigenvalue weighted by Gasteiger charge is 2.33. The number of nitriles is 1. The van der Waals surface area contributed by atoms with E-state index in [-0.39, 0.29) is 31.0 Å². The Labute approximate surface area is 107 Å². The van der Waals surface area contributed by atoms with E-state index in [1.54, 1.807) is 11.9 Å². The van der Waals surface area contributed by atoms with Crippen LogP contribution in [0.1, 0.15) is 32.6 Å². The van der Waals surface area contributed by atoms with Crippen LogP contribution >= 0.6 is 0 Å². The van der Waals surface area contributed by atoms with Crippen molar-refractivity contribution in [2.75, 3.05) is 13.6 Å². The van der Waals surface area contributed by atoms with Crippen molar-refractivity contribution in [1.29, 1.82) is 5.26 Å². The molecule has 1 rings (SSSR count). The number of aliphatic carboxylic acids is 1. The van der Waals surface area contributed by atoms with Gasteiger partial charge in [-0.2, -0.15) is 5.26 Å². The fourth-order valence-electron chi connectivity index (χ4n) is 2.16. The third kappa shape index (κ3) is 3.36. The lowest BCUT2D eigenvalue weighted by atomic mass is 10.1. The first-order valence-electron chi connectivity index (χ1n) is 6.09. The monoisotopic (exact) mass is 253 g/mol. The van der Waals surface area contributed by atoms with Gasteiger partial charge in [-0.25, -0.2) is 4.79 Å². The van der Waals surface area contributed by atoms with E-state index in [0.717, 1.165) is 12.8 Å². The highest BCUT2D eigenvalue weighted by atomic mass is 16.4. The molecule has 2 unspecified atom stereocenters. The number of carbonyl (C=O) groups is 2. The van der Waals surface area contributed by atoms with E-state index in [1.807, 2.05) is 13.0 Å². The summed E-state index contributed by atoms with van der Waals surface area (Å²) in [5.41, 5.74) is 0. The number of carbonyl (C=O) groups excluding carboxylic acids is 1. The van der Waals surface area contributed by atoms with E-state index < -0.39 is 5.97 Å². The zero-order valence-electron chi connectivity index (χ0n) is 10.8. The molecule has 0 aliphatic carbocycles. The van der Waals surface area contributed by atoms with Crippen LogP contribution in [-0.4, -0.2) is 52.6 Å². The maximum Gasteiger partial charge on any atom is 0.320 e. The van der Waals surface area contributed by atoms with Gasteiger partial charge < -0.3 is 14.9 Å². The van der Waals surface area contributed by atoms with Gasteiger partial charge in [0, 0.05) is 25.7 Å². The Balaban J connectivity index is 2.65. The average Bonchev–Trinajstić information content (AvgIpc) is 2.74. The third-order valence-corrected chi connectivity index (χ3v) is 3.38. The lowest BCUT2D eigenvalue weighted by Gasteiger charge is -2.31. The van der Waals surface area contributed by atoms with Gasteiger partial charge in [0.05, 0.1) is 18.9 Å². The van der Waals surface area contributed by atoms with Crippen LogP contribution in [0.3, 0.4) is 0 Å². The molecule has 6 nitrogen and oxygen atoms in total. The minimum atomic E-state index is -0.882. The van der Waals surface area contributed by atoms with E-state index >= 15 is 0 Å². The summed E-state index contributed by atoms with van der Waals surface area (Å²) in [6.07, 6.45) is 1.84. The number of likely N-dealkylation sites (tertiary alicyclic amines) is 1. The van der Waals surface area contributed by atoms with Crippen molar-refractivity contribution in [3.05, 3.63) is 0 Å². The van der Waals surface area contributed by atoms with Crippen molar-refractivity contribution >= 4 is 12.0 Å². The summed E-state index contributed by atoms with van der Waals surface area (Å²) in [4.78, 5) is 26.1. The number of nitrogens with zero attached hydrogens (tertiary/aromatic N) is 3. The fraction of sp³-hybridized carbons (Fsp3) is 0.750. The molecular formula is C12H19N3O3. The molecule has 0 aromatic rings. The minimum absolute atomic E-state index is 0.00773. The predicted molar refractivity (Wildman–Crippen MR) is 64.8 cm³/mol. The molecule has 0 saturated carbocycles. The molecule has 1 N–H and O–H groups in total. The number of hydrogen-bond acceptors (Lipinski definition) is 3. The van der Waals surface area contributed by atoms with Crippen LogP contribution in [-0.2, 0) is 4.79 Å². The first-order chi connectivity index (χ1) is 8.47. The van der Waals surface area contributed by atoms with Gasteiger partial charge in [-0.3, -0.25) is 4.79 Å². The van der Waals surface area contributed by atoms with Crippen LogP contribution in [0.5, 0.6) is 0 Å². The maximum atomic E-state index is 12.2. The van der Waals surface area contributed by atoms with Crippen molar-refractivity contribution in [1.82, 2.24) is 9.80 Å². The second kappa shape index (κ2) is 6.24. The van der Waals surface area contributed by atoms with Gasteiger partial charge >= 0.3 is 12.0 Å². The summed E-state index contributed by atoms with van der Waals surface area (Å²) in [6.45, 7) is 2.41. The zero-order chi connectivity index (χ0) is 13.7. The molecule has 2 atom stereocenters. The largest absolute Gasteiger partial charge is 0.481 e. The molecular weight excluding hydrogens is 234 g/mol. The number of hydrogen-bond donors (Lipinski definition) is 1. The summed E-state index contributed by atoms with van der Waals surface area (Å²) in [7, 11) is 1.65. The maximum absolute atomic E-state index is 12.2. The van der Waals surface area contributed by atoms with Crippen molar-refractivity contribution in [3.63, 3.8) is 0 Å². The van der Waals surface area contributed by atoms with Crippen molar-refractivity contribution in [2.45, 2.75) is 44.7 Å². The first-order valence-corrected chi connectivity index (χ1v) is 6.09. The lowest BCUT2D eigenvalue weighted by molar-refractivity contribution is -0.138. The standard InChI is InChI=1S/C12H19N3O3/c1-9(5-6-13)14(2)12(18)15-7-3-4-10(15)8-11(16)17/h9-10H,3-5,7-8H2,1-2H3,(H,16,17). The molecule has 1 aliphatic heterocycles. The molecule has 100 valence electrons. The number of carboxylic acids is 1. The summed E-state index contributed by atoms with van der Waals surface area (Å²) < 4.78 is 0. The Morgan fingerprint density at radius 2 is 2.28 bits per heavy atom. The van der Waals surface area contributed by atoms with Crippen molar-refractivity contribution < 1.29 is 14.7 Å². The van der Waals surface area contributed by atoms with Crippen molar-refractivity contribution in [3.8, 4) is 6.07 Å². The molecule has 18 heavy (non-hydrogen) atoms. The molecule has 0 spiro atoms. The van der Waals surface area contributed by atoms with Crippen LogP contribution in [0.15, 0.2) is 0 Å². The second-order valence-corrected chi connectivity index (χ2v) is 4.69. The Morgan fingerprint density at radius 3 is 2.83 bits per heavy atom. The molecule has 2 amide bonds. The molecule has 0 bridgehead atoms. The zero-order valence-corrected chi connectivity index (χ0v) is 10.8. The smallest absolute Gasteiger partial charge is 0.320 e. The molecule has 1 saturated heterocycles. The Morgan fingerprint density at radius 1 is 1.61 bits per heavy atom.